The number of rotatable bonds is 11. The van der Waals surface area contributed by atoms with Crippen molar-refractivity contribution in [1.29, 1.82) is 0 Å². The van der Waals surface area contributed by atoms with Gasteiger partial charge in [0.2, 0.25) is 5.56 Å². The van der Waals surface area contributed by atoms with E-state index in [9.17, 15) is 14.7 Å². The molecule has 3 aromatic carbocycles. The van der Waals surface area contributed by atoms with E-state index in [1.165, 1.54) is 6.07 Å². The van der Waals surface area contributed by atoms with E-state index in [-0.39, 0.29) is 16.7 Å². The Balaban J connectivity index is 1.65. The van der Waals surface area contributed by atoms with Crippen molar-refractivity contribution >= 4 is 25.2 Å². The van der Waals surface area contributed by atoms with E-state index in [2.05, 4.69) is 44.2 Å². The number of hydrogen-bond acceptors (Lipinski definition) is 5. The molecular weight excluding hydrogens is 532 g/mol. The summed E-state index contributed by atoms with van der Waals surface area (Å²) in [7, 11) is -2.19. The maximum Gasteiger partial charge on any atom is 0.335 e. The summed E-state index contributed by atoms with van der Waals surface area (Å²) in [6, 6.07) is 22.6. The molecular formula is C33H40N2O5Si. The first kappa shape index (κ1) is 30.2. The molecule has 0 spiro atoms. The van der Waals surface area contributed by atoms with Gasteiger partial charge in [0.25, 0.3) is 0 Å². The molecule has 3 N–H and O–H groups in total. The van der Waals surface area contributed by atoms with E-state index < -0.39 is 14.3 Å². The lowest BCUT2D eigenvalue weighted by atomic mass is 10.0. The van der Waals surface area contributed by atoms with Crippen LogP contribution in [0.25, 0.3) is 10.9 Å². The van der Waals surface area contributed by atoms with E-state index in [1.54, 1.807) is 6.07 Å². The van der Waals surface area contributed by atoms with E-state index in [4.69, 9.17) is 9.16 Å². The van der Waals surface area contributed by atoms with Crippen molar-refractivity contribution in [2.24, 2.45) is 0 Å². The fraction of sp³-hybridized carbons (Fsp3) is 0.333. The number of hydrogen-bond donors (Lipinski definition) is 3. The van der Waals surface area contributed by atoms with Crippen molar-refractivity contribution < 1.29 is 19.1 Å². The summed E-state index contributed by atoms with van der Waals surface area (Å²) in [5.74, 6) is -0.315. The highest BCUT2D eigenvalue weighted by molar-refractivity contribution is 6.74. The predicted octanol–water partition coefficient (Wildman–Crippen LogP) is 6.97. The highest BCUT2D eigenvalue weighted by atomic mass is 28.4. The zero-order valence-corrected chi connectivity index (χ0v) is 25.7. The van der Waals surface area contributed by atoms with E-state index in [0.717, 1.165) is 27.6 Å². The highest BCUT2D eigenvalue weighted by Gasteiger charge is 2.39. The number of aromatic amines is 1. The van der Waals surface area contributed by atoms with Crippen LogP contribution in [0.5, 0.6) is 5.75 Å². The Morgan fingerprint density at radius 3 is 2.39 bits per heavy atom. The van der Waals surface area contributed by atoms with Crippen molar-refractivity contribution in [3.63, 3.8) is 0 Å². The normalized spacial score (nSPS) is 12.8. The summed E-state index contributed by atoms with van der Waals surface area (Å²) >= 11 is 0. The van der Waals surface area contributed by atoms with Gasteiger partial charge in [0.15, 0.2) is 8.32 Å². The number of carboxylic acids is 1. The topological polar surface area (TPSA) is 101 Å². The summed E-state index contributed by atoms with van der Waals surface area (Å²) in [5.41, 5.74) is 4.50. The van der Waals surface area contributed by atoms with Gasteiger partial charge in [-0.3, -0.25) is 4.79 Å². The Hall–Kier alpha value is -3.72. The van der Waals surface area contributed by atoms with Gasteiger partial charge in [-0.05, 0) is 65.5 Å². The van der Waals surface area contributed by atoms with E-state index >= 15 is 0 Å². The molecule has 1 aromatic heterocycles. The zero-order valence-electron chi connectivity index (χ0n) is 24.7. The minimum absolute atomic E-state index is 0.00211. The molecule has 1 atom stereocenters. The average Bonchev–Trinajstić information content (AvgIpc) is 2.91. The monoisotopic (exact) mass is 572 g/mol. The number of carboxylic acid groups (broad SMARTS) is 1. The summed E-state index contributed by atoms with van der Waals surface area (Å²) in [5, 5.41) is 13.8. The second-order valence-corrected chi connectivity index (χ2v) is 16.7. The standard InChI is InChI=1S/C33H40N2O5Si/c1-22-18-24(12-13-25(22)32(37)38)19-34-20-29(40-41(5,6)33(2,3)4)26-14-16-28(31-27(26)15-17-30(36)35-31)39-21-23-10-8-7-9-11-23/h7-18,29,34H,19-21H2,1-6H3,(H,35,36)(H,37,38). The van der Waals surface area contributed by atoms with Crippen LogP contribution in [0, 0.1) is 6.92 Å². The van der Waals surface area contributed by atoms with Crippen molar-refractivity contribution in [3.05, 3.63) is 111 Å². The quantitative estimate of drug-likeness (QED) is 0.168. The van der Waals surface area contributed by atoms with Crippen molar-refractivity contribution in [1.82, 2.24) is 10.3 Å². The lowest BCUT2D eigenvalue weighted by Crippen LogP contribution is -2.43. The molecule has 216 valence electrons. The van der Waals surface area contributed by atoms with E-state index in [0.29, 0.717) is 36.5 Å². The van der Waals surface area contributed by atoms with Crippen LogP contribution in [-0.4, -0.2) is 30.9 Å². The van der Waals surface area contributed by atoms with Crippen LogP contribution in [-0.2, 0) is 17.6 Å². The largest absolute Gasteiger partial charge is 0.487 e. The number of aromatic nitrogens is 1. The molecule has 0 aliphatic heterocycles. The molecule has 8 heteroatoms. The number of nitrogens with one attached hydrogen (secondary N) is 2. The van der Waals surface area contributed by atoms with Crippen LogP contribution in [0.15, 0.2) is 77.6 Å². The van der Waals surface area contributed by atoms with Gasteiger partial charge in [-0.15, -0.1) is 0 Å². The molecule has 0 amide bonds. The Bertz CT molecular complexity index is 1570. The van der Waals surface area contributed by atoms with Crippen LogP contribution < -0.4 is 15.6 Å². The summed E-state index contributed by atoms with van der Waals surface area (Å²) in [6.07, 6.45) is -0.285. The minimum atomic E-state index is -2.19. The molecule has 0 fully saturated rings. The lowest BCUT2D eigenvalue weighted by molar-refractivity contribution is 0.0696. The molecule has 0 saturated carbocycles. The zero-order chi connectivity index (χ0) is 29.8. The summed E-state index contributed by atoms with van der Waals surface area (Å²) < 4.78 is 13.1. The number of aryl methyl sites for hydroxylation is 1. The van der Waals surface area contributed by atoms with Crippen LogP contribution in [0.2, 0.25) is 18.1 Å². The number of fused-ring (bicyclic) bond motifs is 1. The molecule has 1 heterocycles. The first-order chi connectivity index (χ1) is 19.4. The smallest absolute Gasteiger partial charge is 0.335 e. The molecule has 0 aliphatic carbocycles. The molecule has 0 bridgehead atoms. The summed E-state index contributed by atoms with van der Waals surface area (Å²) in [6.45, 7) is 14.4. The number of carbonyl (C=O) groups is 1. The van der Waals surface area contributed by atoms with Gasteiger partial charge in [0, 0.05) is 24.5 Å². The maximum atomic E-state index is 12.4. The number of aromatic carboxylic acids is 1. The molecule has 0 aliphatic rings. The molecule has 41 heavy (non-hydrogen) atoms. The first-order valence-corrected chi connectivity index (χ1v) is 16.8. The van der Waals surface area contributed by atoms with Gasteiger partial charge in [-0.25, -0.2) is 4.79 Å². The second kappa shape index (κ2) is 12.4. The fourth-order valence-corrected chi connectivity index (χ4v) is 5.83. The molecule has 0 radical (unpaired) electrons. The Kier molecular flexibility index (Phi) is 9.16. The lowest BCUT2D eigenvalue weighted by Gasteiger charge is -2.39. The van der Waals surface area contributed by atoms with Gasteiger partial charge in [0.05, 0.1) is 17.2 Å². The van der Waals surface area contributed by atoms with E-state index in [1.807, 2.05) is 67.6 Å². The van der Waals surface area contributed by atoms with Crippen molar-refractivity contribution in [2.75, 3.05) is 6.54 Å². The Morgan fingerprint density at radius 1 is 1.00 bits per heavy atom. The molecule has 0 saturated heterocycles. The summed E-state index contributed by atoms with van der Waals surface area (Å²) in [4.78, 5) is 26.8. The first-order valence-electron chi connectivity index (χ1n) is 13.9. The van der Waals surface area contributed by atoms with Crippen LogP contribution in [0.3, 0.4) is 0 Å². The SMILES string of the molecule is Cc1cc(CNCC(O[Si](C)(C)C(C)(C)C)c2ccc(OCc3ccccc3)c3[nH]c(=O)ccc23)ccc1C(=O)O. The fourth-order valence-electron chi connectivity index (χ4n) is 4.56. The Labute approximate surface area is 242 Å². The number of pyridine rings is 1. The third-order valence-electron chi connectivity index (χ3n) is 7.90. The molecule has 4 aromatic rings. The van der Waals surface area contributed by atoms with Crippen molar-refractivity contribution in [3.8, 4) is 5.75 Å². The average molecular weight is 573 g/mol. The molecule has 7 nitrogen and oxygen atoms in total. The van der Waals surface area contributed by atoms with Crippen LogP contribution >= 0.6 is 0 Å². The maximum absolute atomic E-state index is 12.4. The van der Waals surface area contributed by atoms with Crippen molar-refractivity contribution in [2.45, 2.75) is 65.1 Å². The predicted molar refractivity (Wildman–Crippen MR) is 166 cm³/mol. The minimum Gasteiger partial charge on any atom is -0.487 e. The van der Waals surface area contributed by atoms with Gasteiger partial charge >= 0.3 is 5.97 Å². The van der Waals surface area contributed by atoms with Crippen LogP contribution in [0.4, 0.5) is 0 Å². The number of H-pyrrole nitrogens is 1. The van der Waals surface area contributed by atoms with Gasteiger partial charge in [-0.2, -0.15) is 0 Å². The van der Waals surface area contributed by atoms with Gasteiger partial charge in [-0.1, -0.05) is 69.3 Å². The third-order valence-corrected chi connectivity index (χ3v) is 12.4. The molecule has 4 rings (SSSR count). The number of ether oxygens (including phenoxy) is 1. The number of benzene rings is 3. The second-order valence-electron chi connectivity index (χ2n) is 12.0. The van der Waals surface area contributed by atoms with Gasteiger partial charge < -0.3 is 24.6 Å². The highest BCUT2D eigenvalue weighted by Crippen LogP contribution is 2.41. The van der Waals surface area contributed by atoms with Gasteiger partial charge in [0.1, 0.15) is 12.4 Å². The van der Waals surface area contributed by atoms with Crippen LogP contribution in [0.1, 0.15) is 59.5 Å². The molecule has 1 unspecified atom stereocenters. The third kappa shape index (κ3) is 7.33. The Morgan fingerprint density at radius 2 is 1.73 bits per heavy atom.